The largest absolute Gasteiger partial charge is 0.495 e. The van der Waals surface area contributed by atoms with Gasteiger partial charge in [-0.1, -0.05) is 0 Å². The number of methoxy groups -OCH3 is 1. The highest BCUT2D eigenvalue weighted by Gasteiger charge is 2.28. The van der Waals surface area contributed by atoms with Crippen molar-refractivity contribution in [2.24, 2.45) is 5.14 Å². The van der Waals surface area contributed by atoms with E-state index in [1.165, 1.54) is 26.2 Å². The van der Waals surface area contributed by atoms with E-state index in [0.717, 1.165) is 6.07 Å². The summed E-state index contributed by atoms with van der Waals surface area (Å²) in [5.41, 5.74) is 1.06. The molecule has 0 aliphatic carbocycles. The van der Waals surface area contributed by atoms with Crippen LogP contribution in [0.5, 0.6) is 5.75 Å². The molecule has 0 saturated heterocycles. The summed E-state index contributed by atoms with van der Waals surface area (Å²) in [5, 5.41) is 5.15. The number of esters is 2. The van der Waals surface area contributed by atoms with E-state index < -0.39 is 38.7 Å². The highest BCUT2D eigenvalue weighted by Crippen LogP contribution is 2.25. The number of nitrogens with two attached hydrogens (primary N) is 1. The van der Waals surface area contributed by atoms with Crippen LogP contribution in [0.4, 0.5) is 0 Å². The summed E-state index contributed by atoms with van der Waals surface area (Å²) in [6, 6.07) is 3.56. The fourth-order valence-electron chi connectivity index (χ4n) is 3.02. The molecule has 1 heterocycles. The van der Waals surface area contributed by atoms with Gasteiger partial charge in [0.15, 0.2) is 6.10 Å². The number of aromatic amines is 1. The molecule has 0 saturated carbocycles. The molecule has 0 radical (unpaired) electrons. The van der Waals surface area contributed by atoms with Gasteiger partial charge in [0.2, 0.25) is 15.8 Å². The molecule has 2 rings (SSSR count). The van der Waals surface area contributed by atoms with E-state index in [9.17, 15) is 22.8 Å². The Balaban J connectivity index is 2.27. The number of rotatable bonds is 8. The number of hydrogen-bond acceptors (Lipinski definition) is 8. The molecule has 1 atom stereocenters. The fourth-order valence-corrected chi connectivity index (χ4v) is 3.74. The van der Waals surface area contributed by atoms with Crippen LogP contribution < -0.4 is 9.88 Å². The number of benzene rings is 1. The van der Waals surface area contributed by atoms with Gasteiger partial charge < -0.3 is 19.2 Å². The molecule has 3 N–H and O–H groups in total. The quantitative estimate of drug-likeness (QED) is 0.454. The van der Waals surface area contributed by atoms with Gasteiger partial charge >= 0.3 is 11.9 Å². The van der Waals surface area contributed by atoms with Crippen LogP contribution in [-0.2, 0) is 19.5 Å². The van der Waals surface area contributed by atoms with Crippen LogP contribution in [0.1, 0.15) is 56.3 Å². The average Bonchev–Trinajstić information content (AvgIpc) is 3.00. The Bertz CT molecular complexity index is 1130. The lowest BCUT2D eigenvalue weighted by molar-refractivity contribution is 0.0316. The molecule has 0 aliphatic heterocycles. The van der Waals surface area contributed by atoms with E-state index in [4.69, 9.17) is 19.3 Å². The first kappa shape index (κ1) is 24.1. The van der Waals surface area contributed by atoms with Crippen molar-refractivity contribution in [3.05, 3.63) is 46.3 Å². The second-order valence-electron chi connectivity index (χ2n) is 6.67. The predicted molar refractivity (Wildman–Crippen MR) is 110 cm³/mol. The second-order valence-corrected chi connectivity index (χ2v) is 8.20. The number of primary sulfonamides is 1. The van der Waals surface area contributed by atoms with Crippen molar-refractivity contribution in [2.45, 2.75) is 38.7 Å². The number of H-pyrrole nitrogens is 1. The van der Waals surface area contributed by atoms with Crippen LogP contribution in [0.3, 0.4) is 0 Å². The van der Waals surface area contributed by atoms with Gasteiger partial charge in [-0.3, -0.25) is 4.79 Å². The summed E-state index contributed by atoms with van der Waals surface area (Å²) < 4.78 is 38.6. The summed E-state index contributed by atoms with van der Waals surface area (Å²) in [7, 11) is -2.90. The highest BCUT2D eigenvalue weighted by molar-refractivity contribution is 7.89. The standard InChI is InChI=1S/C20H24N2O8S/c1-6-29-20(25)16-10(2)17(22-11(16)3)18(23)12(4)30-19(24)13-7-8-14(28-5)15(9-13)31(21,26)27/h7-9,12,22H,6H2,1-5H3,(H2,21,26,27). The highest BCUT2D eigenvalue weighted by atomic mass is 32.2. The number of nitrogens with one attached hydrogen (secondary N) is 1. The normalized spacial score (nSPS) is 12.2. The lowest BCUT2D eigenvalue weighted by atomic mass is 10.1. The molecule has 0 aliphatic rings. The van der Waals surface area contributed by atoms with Gasteiger partial charge in [-0.2, -0.15) is 0 Å². The molecule has 0 fully saturated rings. The van der Waals surface area contributed by atoms with Gasteiger partial charge in [0, 0.05) is 5.69 Å². The van der Waals surface area contributed by atoms with Crippen molar-refractivity contribution in [1.29, 1.82) is 0 Å². The molecular formula is C20H24N2O8S. The van der Waals surface area contributed by atoms with E-state index in [1.807, 2.05) is 0 Å². The molecule has 0 amide bonds. The smallest absolute Gasteiger partial charge is 0.340 e. The molecule has 1 aromatic heterocycles. The Morgan fingerprint density at radius 3 is 2.35 bits per heavy atom. The van der Waals surface area contributed by atoms with Crippen LogP contribution in [0, 0.1) is 13.8 Å². The summed E-state index contributed by atoms with van der Waals surface area (Å²) in [6.07, 6.45) is -1.22. The number of carbonyl (C=O) groups excluding carboxylic acids is 3. The number of ketones is 1. The Morgan fingerprint density at radius 1 is 1.16 bits per heavy atom. The minimum atomic E-state index is -4.16. The molecule has 0 spiro atoms. The number of ether oxygens (including phenoxy) is 3. The maximum atomic E-state index is 12.8. The Kier molecular flexibility index (Phi) is 7.24. The van der Waals surface area contributed by atoms with E-state index in [1.54, 1.807) is 20.8 Å². The third kappa shape index (κ3) is 5.12. The molecule has 2 aromatic rings. The molecule has 1 aromatic carbocycles. The lowest BCUT2D eigenvalue weighted by Gasteiger charge is -2.13. The van der Waals surface area contributed by atoms with Gasteiger partial charge in [0.1, 0.15) is 10.6 Å². The van der Waals surface area contributed by atoms with Crippen molar-refractivity contribution < 1.29 is 37.0 Å². The molecule has 10 nitrogen and oxygen atoms in total. The predicted octanol–water partition coefficient (Wildman–Crippen LogP) is 1.89. The van der Waals surface area contributed by atoms with Crippen LogP contribution >= 0.6 is 0 Å². The summed E-state index contributed by atoms with van der Waals surface area (Å²) in [5.74, 6) is -2.09. The first-order valence-corrected chi connectivity index (χ1v) is 10.8. The first-order chi connectivity index (χ1) is 14.4. The van der Waals surface area contributed by atoms with Gasteiger partial charge in [0.05, 0.1) is 30.5 Å². The number of sulfonamides is 1. The molecular weight excluding hydrogens is 428 g/mol. The van der Waals surface area contributed by atoms with Crippen molar-refractivity contribution in [2.75, 3.05) is 13.7 Å². The number of aryl methyl sites for hydroxylation is 1. The SMILES string of the molecule is CCOC(=O)c1c(C)[nH]c(C(=O)C(C)OC(=O)c2ccc(OC)c(S(N)(=O)=O)c2)c1C. The first-order valence-electron chi connectivity index (χ1n) is 9.24. The number of aromatic nitrogens is 1. The Morgan fingerprint density at radius 2 is 1.81 bits per heavy atom. The van der Waals surface area contributed by atoms with Gasteiger partial charge in [-0.05, 0) is 51.5 Å². The van der Waals surface area contributed by atoms with Crippen molar-refractivity contribution >= 4 is 27.7 Å². The topological polar surface area (TPSA) is 155 Å². The van der Waals surface area contributed by atoms with E-state index in [-0.39, 0.29) is 29.2 Å². The Hall–Kier alpha value is -3.18. The molecule has 31 heavy (non-hydrogen) atoms. The van der Waals surface area contributed by atoms with Gasteiger partial charge in [-0.25, -0.2) is 23.1 Å². The van der Waals surface area contributed by atoms with Crippen LogP contribution in [0.15, 0.2) is 23.1 Å². The maximum absolute atomic E-state index is 12.8. The van der Waals surface area contributed by atoms with Crippen LogP contribution in [0.25, 0.3) is 0 Å². The summed E-state index contributed by atoms with van der Waals surface area (Å²) in [4.78, 5) is 39.9. The van der Waals surface area contributed by atoms with Crippen molar-refractivity contribution in [1.82, 2.24) is 4.98 Å². The van der Waals surface area contributed by atoms with Gasteiger partial charge in [0.25, 0.3) is 0 Å². The van der Waals surface area contributed by atoms with Crippen LogP contribution in [0.2, 0.25) is 0 Å². The number of hydrogen-bond donors (Lipinski definition) is 2. The van der Waals surface area contributed by atoms with Crippen molar-refractivity contribution in [3.8, 4) is 5.75 Å². The fraction of sp³-hybridized carbons (Fsp3) is 0.350. The number of carbonyl (C=O) groups is 3. The monoisotopic (exact) mass is 452 g/mol. The zero-order valence-corrected chi connectivity index (χ0v) is 18.6. The van der Waals surface area contributed by atoms with E-state index >= 15 is 0 Å². The maximum Gasteiger partial charge on any atom is 0.340 e. The molecule has 11 heteroatoms. The third-order valence-electron chi connectivity index (χ3n) is 4.52. The third-order valence-corrected chi connectivity index (χ3v) is 5.45. The molecule has 0 bridgehead atoms. The zero-order valence-electron chi connectivity index (χ0n) is 17.8. The average molecular weight is 452 g/mol. The van der Waals surface area contributed by atoms with E-state index in [2.05, 4.69) is 4.98 Å². The zero-order chi connectivity index (χ0) is 23.5. The minimum absolute atomic E-state index is 0.0350. The minimum Gasteiger partial charge on any atom is -0.495 e. The molecule has 1 unspecified atom stereocenters. The van der Waals surface area contributed by atoms with Gasteiger partial charge in [-0.15, -0.1) is 0 Å². The second kappa shape index (κ2) is 9.31. The number of Topliss-reactive ketones (excluding diaryl/α,β-unsaturated/α-hetero) is 1. The summed E-state index contributed by atoms with van der Waals surface area (Å²) >= 11 is 0. The van der Waals surface area contributed by atoms with E-state index in [0.29, 0.717) is 11.3 Å². The van der Waals surface area contributed by atoms with Crippen molar-refractivity contribution in [3.63, 3.8) is 0 Å². The lowest BCUT2D eigenvalue weighted by Crippen LogP contribution is -2.25. The summed E-state index contributed by atoms with van der Waals surface area (Å²) in [6.45, 7) is 6.42. The Labute approximate surface area is 179 Å². The van der Waals surface area contributed by atoms with Crippen LogP contribution in [-0.4, -0.2) is 50.9 Å². The molecule has 168 valence electrons.